The zero-order valence-electron chi connectivity index (χ0n) is 36.7. The Bertz CT molecular complexity index is 2300. The van der Waals surface area contributed by atoms with Crippen LogP contribution in [0.25, 0.3) is 44.4 Å². The number of aromatic amines is 2. The van der Waals surface area contributed by atoms with Gasteiger partial charge in [-0.1, -0.05) is 76.2 Å². The number of nitrogens with one attached hydrogen (secondary N) is 4. The van der Waals surface area contributed by atoms with Crippen LogP contribution in [-0.4, -0.2) is 119 Å². The molecule has 0 spiro atoms. The van der Waals surface area contributed by atoms with Gasteiger partial charge in [-0.3, -0.25) is 14.9 Å². The molecule has 0 aliphatic carbocycles. The third kappa shape index (κ3) is 9.66. The molecule has 3 amide bonds. The number of rotatable bonds is 15. The number of ether oxygens (including phenoxy) is 2. The van der Waals surface area contributed by atoms with Crippen molar-refractivity contribution in [3.05, 3.63) is 84.7 Å². The second-order valence-corrected chi connectivity index (χ2v) is 17.5. The molecule has 5 aromatic rings. The zero-order chi connectivity index (χ0) is 43.4. The summed E-state index contributed by atoms with van der Waals surface area (Å²) >= 11 is 0. The highest BCUT2D eigenvalue weighted by molar-refractivity contribution is 5.91. The van der Waals surface area contributed by atoms with Crippen molar-refractivity contribution < 1.29 is 23.9 Å². The number of imidazole rings is 2. The number of aromatic nitrogens is 4. The Morgan fingerprint density at radius 1 is 0.770 bits per heavy atom. The highest BCUT2D eigenvalue weighted by Gasteiger charge is 2.42. The molecular weight excluding hydrogens is 771 g/mol. The fraction of sp³-hybridized carbons (Fsp3) is 0.468. The Kier molecular flexibility index (Phi) is 13.6. The molecule has 14 nitrogen and oxygen atoms in total. The highest BCUT2D eigenvalue weighted by atomic mass is 16.5. The van der Waals surface area contributed by atoms with E-state index in [9.17, 15) is 14.4 Å². The molecule has 3 aromatic carbocycles. The molecule has 61 heavy (non-hydrogen) atoms. The van der Waals surface area contributed by atoms with Gasteiger partial charge in [0.1, 0.15) is 17.7 Å². The molecular formula is C47H61N9O5. The highest BCUT2D eigenvalue weighted by Crippen LogP contribution is 2.37. The number of hydrogen-bond acceptors (Lipinski definition) is 9. The number of benzene rings is 3. The van der Waals surface area contributed by atoms with Crippen LogP contribution in [0.15, 0.2) is 73.1 Å². The Morgan fingerprint density at radius 2 is 1.34 bits per heavy atom. The maximum Gasteiger partial charge on any atom is 0.407 e. The molecule has 2 fully saturated rings. The molecule has 2 aliphatic rings. The lowest BCUT2D eigenvalue weighted by molar-refractivity contribution is -0.136. The third-order valence-electron chi connectivity index (χ3n) is 12.1. The summed E-state index contributed by atoms with van der Waals surface area (Å²) in [6, 6.07) is 20.0. The third-order valence-corrected chi connectivity index (χ3v) is 12.1. The topological polar surface area (TPSA) is 161 Å². The normalized spacial score (nSPS) is 19.0. The number of amides is 3. The van der Waals surface area contributed by atoms with Crippen molar-refractivity contribution in [2.24, 2.45) is 17.8 Å². The Morgan fingerprint density at radius 3 is 1.97 bits per heavy atom. The fourth-order valence-electron chi connectivity index (χ4n) is 8.97. The van der Waals surface area contributed by atoms with Gasteiger partial charge in [-0.2, -0.15) is 0 Å². The van der Waals surface area contributed by atoms with Crippen molar-refractivity contribution in [3.8, 4) is 33.6 Å². The molecule has 4 N–H and O–H groups in total. The first kappa shape index (κ1) is 43.5. The first-order chi connectivity index (χ1) is 29.3. The number of carbonyl (C=O) groups excluding carboxylic acids is 3. The number of methoxy groups -OCH3 is 2. The molecule has 2 aromatic heterocycles. The monoisotopic (exact) mass is 831 g/mol. The summed E-state index contributed by atoms with van der Waals surface area (Å²) in [5.41, 5.74) is 6.03. The average molecular weight is 832 g/mol. The van der Waals surface area contributed by atoms with Gasteiger partial charge in [0.25, 0.3) is 0 Å². The second-order valence-electron chi connectivity index (χ2n) is 17.5. The first-order valence-electron chi connectivity index (χ1n) is 21.4. The van der Waals surface area contributed by atoms with E-state index in [0.29, 0.717) is 19.8 Å². The summed E-state index contributed by atoms with van der Waals surface area (Å²) in [5, 5.41) is 8.25. The van der Waals surface area contributed by atoms with E-state index >= 15 is 0 Å². The van der Waals surface area contributed by atoms with Crippen molar-refractivity contribution >= 4 is 28.7 Å². The minimum absolute atomic E-state index is 0.0851. The summed E-state index contributed by atoms with van der Waals surface area (Å²) in [6.07, 6.45) is 5.66. The van der Waals surface area contributed by atoms with Crippen molar-refractivity contribution in [3.63, 3.8) is 0 Å². The standard InChI is InChI=1S/C47H61N9O5/c1-28(2)41(50-27-60-7)45(57)55-19-9-10-39(55)43-48-24-38(52-43)36-18-17-34-21-33(15-16-35(34)22-36)31-11-13-32(14-12-31)37-23-49-44(51-37)40-20-30(25-54(5)6)26-56(40)46(58)42(29(3)4)53-47(59)61-8/h11-18,21-24,28-30,39-42,50H,9-10,19-20,25-27H2,1-8H3,(H,48,52)(H,49,51)(H,53,59)/t30-,39+,40+,41+,42+/m1/s1. The number of H-pyrrole nitrogens is 2. The lowest BCUT2D eigenvalue weighted by Crippen LogP contribution is -2.51. The summed E-state index contributed by atoms with van der Waals surface area (Å²) < 4.78 is 10.0. The Balaban J connectivity index is 1.04. The van der Waals surface area contributed by atoms with E-state index < -0.39 is 12.1 Å². The molecule has 7 rings (SSSR count). The van der Waals surface area contributed by atoms with Crippen molar-refractivity contribution in [2.75, 3.05) is 54.7 Å². The van der Waals surface area contributed by atoms with Crippen LogP contribution in [0.5, 0.6) is 0 Å². The predicted octanol–water partition coefficient (Wildman–Crippen LogP) is 7.00. The number of alkyl carbamates (subject to hydrolysis) is 1. The van der Waals surface area contributed by atoms with Crippen molar-refractivity contribution in [1.29, 1.82) is 0 Å². The van der Waals surface area contributed by atoms with E-state index in [0.717, 1.165) is 81.9 Å². The van der Waals surface area contributed by atoms with E-state index in [2.05, 4.69) is 100 Å². The largest absolute Gasteiger partial charge is 0.453 e. The van der Waals surface area contributed by atoms with Gasteiger partial charge in [-0.05, 0) is 90.7 Å². The molecule has 0 bridgehead atoms. The SMILES string of the molecule is COCN[C@H](C(=O)N1CCC[C@H]1c1ncc(-c2ccc3cc(-c4ccc(-c5cnc([C@@H]6C[C@H](CN(C)C)CN6C(=O)[C@@H](NC(=O)OC)C(C)C)[nH]5)cc4)ccc3c2)[nH]1)C(C)C. The summed E-state index contributed by atoms with van der Waals surface area (Å²) in [7, 11) is 7.01. The molecule has 4 heterocycles. The summed E-state index contributed by atoms with van der Waals surface area (Å²) in [4.78, 5) is 62.4. The van der Waals surface area contributed by atoms with Crippen LogP contribution in [0.3, 0.4) is 0 Å². The molecule has 5 atom stereocenters. The van der Waals surface area contributed by atoms with Gasteiger partial charge < -0.3 is 39.5 Å². The number of carbonyl (C=O) groups is 3. The van der Waals surface area contributed by atoms with Gasteiger partial charge in [0.2, 0.25) is 11.8 Å². The molecule has 0 radical (unpaired) electrons. The number of nitrogens with zero attached hydrogens (tertiary/aromatic N) is 5. The van der Waals surface area contributed by atoms with Crippen LogP contribution < -0.4 is 10.6 Å². The molecule has 0 saturated carbocycles. The second kappa shape index (κ2) is 19.0. The van der Waals surface area contributed by atoms with Gasteiger partial charge in [-0.25, -0.2) is 14.8 Å². The molecule has 2 saturated heterocycles. The van der Waals surface area contributed by atoms with Gasteiger partial charge in [-0.15, -0.1) is 0 Å². The predicted molar refractivity (Wildman–Crippen MR) is 237 cm³/mol. The van der Waals surface area contributed by atoms with Crippen molar-refractivity contribution in [2.45, 2.75) is 71.1 Å². The quantitative estimate of drug-likeness (QED) is 0.0815. The molecule has 2 aliphatic heterocycles. The van der Waals surface area contributed by atoms with Crippen LogP contribution >= 0.6 is 0 Å². The van der Waals surface area contributed by atoms with Crippen LogP contribution in [0, 0.1) is 17.8 Å². The van der Waals surface area contributed by atoms with Gasteiger partial charge in [0, 0.05) is 32.3 Å². The summed E-state index contributed by atoms with van der Waals surface area (Å²) in [6.45, 7) is 10.4. The molecule has 14 heteroatoms. The lowest BCUT2D eigenvalue weighted by Gasteiger charge is -2.30. The average Bonchev–Trinajstić information content (AvgIpc) is 4.09. The van der Waals surface area contributed by atoms with Gasteiger partial charge >= 0.3 is 6.09 Å². The first-order valence-corrected chi connectivity index (χ1v) is 21.4. The van der Waals surface area contributed by atoms with Crippen LogP contribution in [0.1, 0.15) is 70.7 Å². The fourth-order valence-corrected chi connectivity index (χ4v) is 8.97. The summed E-state index contributed by atoms with van der Waals surface area (Å²) in [5.74, 6) is 1.76. The molecule has 324 valence electrons. The minimum Gasteiger partial charge on any atom is -0.453 e. The van der Waals surface area contributed by atoms with Crippen LogP contribution in [0.4, 0.5) is 4.79 Å². The number of hydrogen-bond donors (Lipinski definition) is 4. The zero-order valence-corrected chi connectivity index (χ0v) is 36.7. The maximum absolute atomic E-state index is 14.0. The van der Waals surface area contributed by atoms with E-state index in [1.807, 2.05) is 50.1 Å². The smallest absolute Gasteiger partial charge is 0.407 e. The van der Waals surface area contributed by atoms with E-state index in [1.54, 1.807) is 7.11 Å². The maximum atomic E-state index is 14.0. The minimum atomic E-state index is -0.711. The number of fused-ring (bicyclic) bond motifs is 1. The Hall–Kier alpha value is -5.57. The van der Waals surface area contributed by atoms with Crippen molar-refractivity contribution in [1.82, 2.24) is 45.3 Å². The van der Waals surface area contributed by atoms with Crippen LogP contribution in [-0.2, 0) is 19.1 Å². The van der Waals surface area contributed by atoms with E-state index in [-0.39, 0.29) is 47.7 Å². The van der Waals surface area contributed by atoms with Gasteiger partial charge in [0.15, 0.2) is 0 Å². The Labute approximate surface area is 358 Å². The van der Waals surface area contributed by atoms with Gasteiger partial charge in [0.05, 0.1) is 55.7 Å². The van der Waals surface area contributed by atoms with E-state index in [1.165, 1.54) is 7.11 Å². The lowest BCUT2D eigenvalue weighted by atomic mass is 9.98. The van der Waals surface area contributed by atoms with Crippen LogP contribution in [0.2, 0.25) is 0 Å². The number of likely N-dealkylation sites (tertiary alicyclic amines) is 2. The molecule has 0 unspecified atom stereocenters. The van der Waals surface area contributed by atoms with E-state index in [4.69, 9.17) is 19.4 Å².